The number of amides is 2. The van der Waals surface area contributed by atoms with Gasteiger partial charge in [0.1, 0.15) is 12.4 Å². The lowest BCUT2D eigenvalue weighted by Gasteiger charge is -2.31. The van der Waals surface area contributed by atoms with Crippen LogP contribution in [0.1, 0.15) is 31.7 Å². The highest BCUT2D eigenvalue weighted by molar-refractivity contribution is 5.89. The highest BCUT2D eigenvalue weighted by Crippen LogP contribution is 2.17. The molecule has 0 spiro atoms. The van der Waals surface area contributed by atoms with E-state index in [-0.39, 0.29) is 25.3 Å². The second-order valence-corrected chi connectivity index (χ2v) is 7.95. The second kappa shape index (κ2) is 12.7. The highest BCUT2D eigenvalue weighted by Gasteiger charge is 2.23. The molecule has 2 aromatic carbocycles. The van der Waals surface area contributed by atoms with Crippen LogP contribution in [0.5, 0.6) is 0 Å². The molecule has 10 heteroatoms. The topological polar surface area (TPSA) is 104 Å². The number of ether oxygens (including phenoxy) is 1. The van der Waals surface area contributed by atoms with E-state index in [9.17, 15) is 18.4 Å². The van der Waals surface area contributed by atoms with Gasteiger partial charge in [-0.3, -0.25) is 15.1 Å². The molecule has 3 aromatic rings. The summed E-state index contributed by atoms with van der Waals surface area (Å²) in [5.74, 6) is -2.07. The van der Waals surface area contributed by atoms with E-state index >= 15 is 0 Å². The lowest BCUT2D eigenvalue weighted by atomic mass is 10.1. The SMILES string of the molecule is CC(=O)N(NCc1cccc(F)c1F)[C@H](CCCCO)COC(=O)Nc1cc2ccccc2cn1. The van der Waals surface area contributed by atoms with Crippen LogP contribution in [0.3, 0.4) is 0 Å². The van der Waals surface area contributed by atoms with Crippen molar-refractivity contribution < 1.29 is 28.2 Å². The molecule has 1 heterocycles. The number of rotatable bonds is 11. The maximum Gasteiger partial charge on any atom is 0.412 e. The molecule has 8 nitrogen and oxygen atoms in total. The summed E-state index contributed by atoms with van der Waals surface area (Å²) < 4.78 is 32.9. The predicted molar refractivity (Wildman–Crippen MR) is 127 cm³/mol. The first kappa shape index (κ1) is 26.0. The molecular formula is C25H28F2N4O4. The number of hydrazine groups is 1. The summed E-state index contributed by atoms with van der Waals surface area (Å²) in [6.45, 7) is 0.979. The quantitative estimate of drug-likeness (QED) is 0.278. The fourth-order valence-corrected chi connectivity index (χ4v) is 3.60. The van der Waals surface area contributed by atoms with Gasteiger partial charge in [0.05, 0.1) is 6.04 Å². The Morgan fingerprint density at radius 2 is 1.89 bits per heavy atom. The van der Waals surface area contributed by atoms with Crippen LogP contribution in [0.25, 0.3) is 10.8 Å². The molecule has 0 fully saturated rings. The van der Waals surface area contributed by atoms with Gasteiger partial charge in [0.15, 0.2) is 11.6 Å². The number of hydrogen-bond acceptors (Lipinski definition) is 6. The summed E-state index contributed by atoms with van der Waals surface area (Å²) in [6.07, 6.45) is 2.33. The van der Waals surface area contributed by atoms with Crippen LogP contribution in [0.15, 0.2) is 54.7 Å². The first-order valence-corrected chi connectivity index (χ1v) is 11.2. The number of halogens is 2. The first-order valence-electron chi connectivity index (χ1n) is 11.2. The lowest BCUT2D eigenvalue weighted by Crippen LogP contribution is -2.50. The van der Waals surface area contributed by atoms with Gasteiger partial charge >= 0.3 is 6.09 Å². The number of benzene rings is 2. The summed E-state index contributed by atoms with van der Waals surface area (Å²) in [5, 5.41) is 14.7. The highest BCUT2D eigenvalue weighted by atomic mass is 19.2. The van der Waals surface area contributed by atoms with Crippen LogP contribution in [0.2, 0.25) is 0 Å². The zero-order valence-corrected chi connectivity index (χ0v) is 19.3. The average Bonchev–Trinajstić information content (AvgIpc) is 2.84. The van der Waals surface area contributed by atoms with Gasteiger partial charge in [-0.1, -0.05) is 36.4 Å². The molecule has 0 saturated carbocycles. The number of aliphatic hydroxyl groups excluding tert-OH is 1. The van der Waals surface area contributed by atoms with Crippen molar-refractivity contribution in [1.29, 1.82) is 0 Å². The van der Waals surface area contributed by atoms with Crippen molar-refractivity contribution in [3.63, 3.8) is 0 Å². The Bertz CT molecular complexity index is 1160. The Kier molecular flexibility index (Phi) is 9.45. The molecule has 35 heavy (non-hydrogen) atoms. The molecular weight excluding hydrogens is 458 g/mol. The Hall–Kier alpha value is -3.63. The first-order chi connectivity index (χ1) is 16.9. The molecule has 0 bridgehead atoms. The fourth-order valence-electron chi connectivity index (χ4n) is 3.60. The Morgan fingerprint density at radius 3 is 2.63 bits per heavy atom. The van der Waals surface area contributed by atoms with E-state index < -0.39 is 29.7 Å². The Labute approximate surface area is 201 Å². The molecule has 0 saturated heterocycles. The van der Waals surface area contributed by atoms with Crippen molar-refractivity contribution in [2.75, 3.05) is 18.5 Å². The molecule has 1 aromatic heterocycles. The second-order valence-electron chi connectivity index (χ2n) is 7.95. The van der Waals surface area contributed by atoms with Gasteiger partial charge in [0.25, 0.3) is 0 Å². The lowest BCUT2D eigenvalue weighted by molar-refractivity contribution is -0.136. The van der Waals surface area contributed by atoms with Gasteiger partial charge in [-0.2, -0.15) is 0 Å². The molecule has 2 amide bonds. The van der Waals surface area contributed by atoms with Gasteiger partial charge < -0.3 is 9.84 Å². The maximum atomic E-state index is 14.0. The summed E-state index contributed by atoms with van der Waals surface area (Å²) >= 11 is 0. The van der Waals surface area contributed by atoms with E-state index in [1.807, 2.05) is 24.3 Å². The molecule has 0 radical (unpaired) electrons. The third kappa shape index (κ3) is 7.43. The van der Waals surface area contributed by atoms with Crippen molar-refractivity contribution >= 4 is 28.6 Å². The predicted octanol–water partition coefficient (Wildman–Crippen LogP) is 4.15. The monoisotopic (exact) mass is 486 g/mol. The molecule has 3 rings (SSSR count). The molecule has 0 aliphatic carbocycles. The number of nitrogens with one attached hydrogen (secondary N) is 2. The molecule has 0 aliphatic heterocycles. The van der Waals surface area contributed by atoms with Crippen LogP contribution < -0.4 is 10.7 Å². The van der Waals surface area contributed by atoms with Gasteiger partial charge in [0, 0.05) is 37.2 Å². The van der Waals surface area contributed by atoms with E-state index in [1.54, 1.807) is 12.3 Å². The number of nitrogens with zero attached hydrogens (tertiary/aromatic N) is 2. The van der Waals surface area contributed by atoms with Crippen LogP contribution in [-0.4, -0.2) is 46.4 Å². The largest absolute Gasteiger partial charge is 0.447 e. The normalized spacial score (nSPS) is 11.8. The number of carbonyl (C=O) groups excluding carboxylic acids is 2. The molecule has 0 unspecified atom stereocenters. The molecule has 0 aliphatic rings. The number of aromatic nitrogens is 1. The third-order valence-electron chi connectivity index (χ3n) is 5.39. The van der Waals surface area contributed by atoms with Crippen molar-refractivity contribution in [3.05, 3.63) is 71.9 Å². The van der Waals surface area contributed by atoms with E-state index in [2.05, 4.69) is 15.7 Å². The van der Waals surface area contributed by atoms with Crippen LogP contribution in [0.4, 0.5) is 19.4 Å². The zero-order valence-electron chi connectivity index (χ0n) is 19.3. The van der Waals surface area contributed by atoms with Crippen LogP contribution in [0, 0.1) is 11.6 Å². The zero-order chi connectivity index (χ0) is 25.2. The molecule has 186 valence electrons. The number of anilines is 1. The number of carbonyl (C=O) groups is 2. The molecule has 3 N–H and O–H groups in total. The van der Waals surface area contributed by atoms with Crippen molar-refractivity contribution in [3.8, 4) is 0 Å². The van der Waals surface area contributed by atoms with Crippen LogP contribution >= 0.6 is 0 Å². The van der Waals surface area contributed by atoms with Crippen molar-refractivity contribution in [2.24, 2.45) is 0 Å². The van der Waals surface area contributed by atoms with E-state index in [0.29, 0.717) is 25.1 Å². The third-order valence-corrected chi connectivity index (χ3v) is 5.39. The smallest absolute Gasteiger partial charge is 0.412 e. The summed E-state index contributed by atoms with van der Waals surface area (Å²) in [5.41, 5.74) is 2.86. The minimum absolute atomic E-state index is 0.0241. The number of pyridine rings is 1. The number of unbranched alkanes of at least 4 members (excludes halogenated alkanes) is 1. The Morgan fingerprint density at radius 1 is 1.11 bits per heavy atom. The minimum atomic E-state index is -1.00. The number of hydrogen-bond donors (Lipinski definition) is 3. The number of fused-ring (bicyclic) bond motifs is 1. The summed E-state index contributed by atoms with van der Waals surface area (Å²) in [4.78, 5) is 28.9. The summed E-state index contributed by atoms with van der Waals surface area (Å²) in [7, 11) is 0. The Balaban J connectivity index is 1.65. The van der Waals surface area contributed by atoms with Crippen molar-refractivity contribution in [2.45, 2.75) is 38.8 Å². The van der Waals surface area contributed by atoms with E-state index in [1.165, 1.54) is 24.1 Å². The van der Waals surface area contributed by atoms with Gasteiger partial charge in [-0.25, -0.2) is 24.0 Å². The summed E-state index contributed by atoms with van der Waals surface area (Å²) in [6, 6.07) is 12.5. The van der Waals surface area contributed by atoms with E-state index in [0.717, 1.165) is 16.8 Å². The maximum absolute atomic E-state index is 14.0. The fraction of sp³-hybridized carbons (Fsp3) is 0.320. The van der Waals surface area contributed by atoms with Crippen molar-refractivity contribution in [1.82, 2.24) is 15.4 Å². The molecule has 1 atom stereocenters. The minimum Gasteiger partial charge on any atom is -0.447 e. The van der Waals surface area contributed by atoms with E-state index in [4.69, 9.17) is 9.84 Å². The van der Waals surface area contributed by atoms with Gasteiger partial charge in [-0.05, 0) is 36.8 Å². The van der Waals surface area contributed by atoms with Gasteiger partial charge in [0.2, 0.25) is 5.91 Å². The number of aliphatic hydroxyl groups is 1. The standard InChI is InChI=1S/C25H28F2N4O4/c1-17(33)31(29-15-20-9-6-11-22(26)24(20)27)21(10-4-5-12-32)16-35-25(34)30-23-13-18-7-2-3-8-19(18)14-28-23/h2-3,6-9,11,13-14,21,29,32H,4-5,10,12,15-16H2,1H3,(H,28,30,34)/t21-/m1/s1. The van der Waals surface area contributed by atoms with Gasteiger partial charge in [-0.15, -0.1) is 0 Å². The van der Waals surface area contributed by atoms with Crippen LogP contribution in [-0.2, 0) is 16.1 Å². The average molecular weight is 487 g/mol.